The molecule has 0 atom stereocenters. The zero-order chi connectivity index (χ0) is 10.3. The van der Waals surface area contributed by atoms with Crippen molar-refractivity contribution in [1.29, 1.82) is 0 Å². The van der Waals surface area contributed by atoms with Gasteiger partial charge in [-0.05, 0) is 22.6 Å². The molecule has 0 spiro atoms. The molecule has 1 amide bonds. The summed E-state index contributed by atoms with van der Waals surface area (Å²) in [6, 6.07) is 6.22. The van der Waals surface area contributed by atoms with Crippen LogP contribution in [0.5, 0.6) is 0 Å². The van der Waals surface area contributed by atoms with Crippen molar-refractivity contribution in [2.45, 2.75) is 32.6 Å². The molecule has 0 bridgehead atoms. The first kappa shape index (κ1) is 9.25. The predicted molar refractivity (Wildman–Crippen MR) is 59.6 cm³/mol. The van der Waals surface area contributed by atoms with E-state index < -0.39 is 0 Å². The van der Waals surface area contributed by atoms with Crippen LogP contribution in [0.15, 0.2) is 18.2 Å². The Labute approximate surface area is 85.8 Å². The highest BCUT2D eigenvalue weighted by Gasteiger charge is 2.20. The normalized spacial score (nSPS) is 15.2. The van der Waals surface area contributed by atoms with E-state index in [1.807, 2.05) is 6.07 Å². The van der Waals surface area contributed by atoms with Crippen molar-refractivity contribution in [2.75, 3.05) is 5.32 Å². The van der Waals surface area contributed by atoms with Crippen molar-refractivity contribution in [2.24, 2.45) is 0 Å². The maximum atomic E-state index is 11.1. The molecule has 0 aliphatic carbocycles. The van der Waals surface area contributed by atoms with Gasteiger partial charge in [0.2, 0.25) is 5.91 Å². The van der Waals surface area contributed by atoms with Crippen molar-refractivity contribution in [3.8, 4) is 0 Å². The number of hydrogen-bond acceptors (Lipinski definition) is 1. The van der Waals surface area contributed by atoms with Crippen molar-refractivity contribution in [3.05, 3.63) is 29.3 Å². The average Bonchev–Trinajstić information content (AvgIpc) is 2.41. The third-order valence-electron chi connectivity index (χ3n) is 2.60. The van der Waals surface area contributed by atoms with E-state index in [-0.39, 0.29) is 12.7 Å². The van der Waals surface area contributed by atoms with Crippen LogP contribution in [0.25, 0.3) is 0 Å². The average molecular weight is 191 g/mol. The quantitative estimate of drug-likeness (QED) is 0.671. The van der Waals surface area contributed by atoms with E-state index >= 15 is 0 Å². The van der Waals surface area contributed by atoms with E-state index in [0.29, 0.717) is 6.42 Å². The second-order valence-electron chi connectivity index (χ2n) is 4.85. The monoisotopic (exact) mass is 191 g/mol. The minimum Gasteiger partial charge on any atom is -0.326 e. The van der Waals surface area contributed by atoms with Crippen LogP contribution < -0.4 is 5.32 Å². The highest BCUT2D eigenvalue weighted by Crippen LogP contribution is 2.29. The molecular formula is C12H17NO. The second kappa shape index (κ2) is 2.84. The van der Waals surface area contributed by atoms with Crippen LogP contribution in [0.1, 0.15) is 33.3 Å². The molecule has 14 heavy (non-hydrogen) atoms. The van der Waals surface area contributed by atoms with Crippen molar-refractivity contribution >= 4 is 11.6 Å². The van der Waals surface area contributed by atoms with Crippen LogP contribution in [0.2, 0.25) is 0 Å². The molecule has 0 saturated heterocycles. The third kappa shape index (κ3) is 1.52. The number of anilines is 1. The summed E-state index contributed by atoms with van der Waals surface area (Å²) in [4.78, 5) is 11.1. The Morgan fingerprint density at radius 3 is 2.71 bits per heavy atom. The van der Waals surface area contributed by atoms with Crippen molar-refractivity contribution < 1.29 is 6.22 Å². The topological polar surface area (TPSA) is 29.1 Å². The number of fused-ring (bicyclic) bond motifs is 1. The Balaban J connectivity index is 0.00000112. The molecule has 0 aromatic heterocycles. The second-order valence-corrected chi connectivity index (χ2v) is 4.85. The number of amides is 1. The van der Waals surface area contributed by atoms with Gasteiger partial charge < -0.3 is 5.32 Å². The van der Waals surface area contributed by atoms with E-state index in [1.165, 1.54) is 5.56 Å². The van der Waals surface area contributed by atoms with Gasteiger partial charge in [-0.1, -0.05) is 32.9 Å². The van der Waals surface area contributed by atoms with Gasteiger partial charge in [-0.3, -0.25) is 4.79 Å². The third-order valence-corrected chi connectivity index (χ3v) is 2.60. The molecule has 1 aromatic carbocycles. The number of hydrogen-bond donors (Lipinski definition) is 1. The lowest BCUT2D eigenvalue weighted by Gasteiger charge is -2.19. The molecule has 1 aliphatic heterocycles. The van der Waals surface area contributed by atoms with Gasteiger partial charge in [0.25, 0.3) is 0 Å². The van der Waals surface area contributed by atoms with E-state index in [4.69, 9.17) is 0 Å². The van der Waals surface area contributed by atoms with Gasteiger partial charge in [-0.25, -0.2) is 0 Å². The first-order chi connectivity index (χ1) is 6.47. The Morgan fingerprint density at radius 1 is 1.36 bits per heavy atom. The Morgan fingerprint density at radius 2 is 2.07 bits per heavy atom. The maximum Gasteiger partial charge on any atom is 0.228 e. The summed E-state index contributed by atoms with van der Waals surface area (Å²) in [5.41, 5.74) is 3.54. The molecule has 2 rings (SSSR count). The van der Waals surface area contributed by atoms with Gasteiger partial charge >= 0.3 is 0 Å². The van der Waals surface area contributed by atoms with Crippen LogP contribution in [0.3, 0.4) is 0 Å². The molecule has 0 radical (unpaired) electrons. The van der Waals surface area contributed by atoms with Gasteiger partial charge in [0.15, 0.2) is 0 Å². The molecule has 1 N–H and O–H groups in total. The summed E-state index contributed by atoms with van der Waals surface area (Å²) >= 11 is 0. The Bertz CT molecular complexity index is 393. The summed E-state index contributed by atoms with van der Waals surface area (Å²) in [7, 11) is 0. The minimum absolute atomic E-state index is 0. The van der Waals surface area contributed by atoms with Crippen LogP contribution >= 0.6 is 0 Å². The fraction of sp³-hybridized carbons (Fsp3) is 0.417. The smallest absolute Gasteiger partial charge is 0.228 e. The summed E-state index contributed by atoms with van der Waals surface area (Å²) in [5.74, 6) is 0.103. The van der Waals surface area contributed by atoms with E-state index in [2.05, 4.69) is 38.2 Å². The number of carbonyl (C=O) groups excluding carboxylic acids is 1. The highest BCUT2D eigenvalue weighted by atomic mass is 16.1. The van der Waals surface area contributed by atoms with E-state index in [9.17, 15) is 4.79 Å². The van der Waals surface area contributed by atoms with Crippen molar-refractivity contribution in [1.82, 2.24) is 0 Å². The molecule has 0 unspecified atom stereocenters. The number of rotatable bonds is 0. The number of carbonyl (C=O) groups is 1. The molecule has 1 aromatic rings. The number of benzene rings is 1. The highest BCUT2D eigenvalue weighted by molar-refractivity contribution is 5.99. The summed E-state index contributed by atoms with van der Waals surface area (Å²) in [6.45, 7) is 6.54. The van der Waals surface area contributed by atoms with E-state index in [1.54, 1.807) is 0 Å². The van der Waals surface area contributed by atoms with Gasteiger partial charge in [0.1, 0.15) is 0 Å². The molecule has 2 nitrogen and oxygen atoms in total. The van der Waals surface area contributed by atoms with Gasteiger partial charge in [-0.2, -0.15) is 0 Å². The van der Waals surface area contributed by atoms with Gasteiger partial charge in [-0.15, -0.1) is 0 Å². The fourth-order valence-corrected chi connectivity index (χ4v) is 1.70. The molecular weight excluding hydrogens is 174 g/mol. The molecule has 76 valence electrons. The molecule has 1 heterocycles. The molecule has 1 aliphatic rings. The summed E-state index contributed by atoms with van der Waals surface area (Å²) in [6.07, 6.45) is 0.527. The van der Waals surface area contributed by atoms with Crippen LogP contribution in [-0.2, 0) is 16.6 Å². The standard InChI is InChI=1S/C12H15NO.H2/c1-12(2,3)9-4-5-10-8(6-9)7-11(14)13-10;/h4-6H,7H2,1-3H3,(H,13,14);1H. The zero-order valence-electron chi connectivity index (χ0n) is 8.85. The molecule has 0 saturated carbocycles. The first-order valence-corrected chi connectivity index (χ1v) is 4.90. The van der Waals surface area contributed by atoms with Crippen molar-refractivity contribution in [3.63, 3.8) is 0 Å². The molecule has 2 heteroatoms. The lowest BCUT2D eigenvalue weighted by atomic mass is 9.86. The van der Waals surface area contributed by atoms with Crippen LogP contribution in [0.4, 0.5) is 5.69 Å². The molecule has 0 fully saturated rings. The zero-order valence-corrected chi connectivity index (χ0v) is 8.85. The van der Waals surface area contributed by atoms with Gasteiger partial charge in [0.05, 0.1) is 6.42 Å². The lowest BCUT2D eigenvalue weighted by Crippen LogP contribution is -2.10. The summed E-state index contributed by atoms with van der Waals surface area (Å²) in [5, 5.41) is 2.84. The lowest BCUT2D eigenvalue weighted by molar-refractivity contribution is -0.115. The van der Waals surface area contributed by atoms with Crippen LogP contribution in [-0.4, -0.2) is 5.91 Å². The fourth-order valence-electron chi connectivity index (χ4n) is 1.70. The predicted octanol–water partition coefficient (Wildman–Crippen LogP) is 2.72. The Kier molecular flexibility index (Phi) is 1.88. The minimum atomic E-state index is 0. The van der Waals surface area contributed by atoms with Crippen LogP contribution in [0, 0.1) is 0 Å². The van der Waals surface area contributed by atoms with Gasteiger partial charge in [0, 0.05) is 7.11 Å². The SMILES string of the molecule is CC(C)(C)c1ccc2c(c1)CC(=O)N2.[HH]. The summed E-state index contributed by atoms with van der Waals surface area (Å²) < 4.78 is 0. The Hall–Kier alpha value is -1.31. The largest absolute Gasteiger partial charge is 0.326 e. The maximum absolute atomic E-state index is 11.1. The van der Waals surface area contributed by atoms with E-state index in [0.717, 1.165) is 11.3 Å². The number of nitrogens with one attached hydrogen (secondary N) is 1. The first-order valence-electron chi connectivity index (χ1n) is 4.90.